The van der Waals surface area contributed by atoms with Gasteiger partial charge in [0.05, 0.1) is 0 Å². The highest BCUT2D eigenvalue weighted by atomic mass is 35.5. The minimum atomic E-state index is 0.0626. The summed E-state index contributed by atoms with van der Waals surface area (Å²) in [5.41, 5.74) is 2.20. The third-order valence-electron chi connectivity index (χ3n) is 4.00. The average Bonchev–Trinajstić information content (AvgIpc) is 2.62. The molecule has 3 rings (SSSR count). The maximum Gasteiger partial charge on any atom is 0.246 e. The van der Waals surface area contributed by atoms with Crippen LogP contribution in [-0.4, -0.2) is 37.0 Å². The summed E-state index contributed by atoms with van der Waals surface area (Å²) < 4.78 is 0. The minimum absolute atomic E-state index is 0.0626. The van der Waals surface area contributed by atoms with E-state index in [1.807, 2.05) is 53.4 Å². The standard InChI is InChI=1S/C19H19ClN2O/c20-17-9-6-16(7-10-17)8-11-19(23)22-14-12-21(13-15-22)18-4-2-1-3-5-18/h1-11H,12-15H2. The van der Waals surface area contributed by atoms with Crippen LogP contribution in [0.3, 0.4) is 0 Å². The van der Waals surface area contributed by atoms with E-state index in [0.29, 0.717) is 5.02 Å². The second-order valence-corrected chi connectivity index (χ2v) is 5.97. The average molecular weight is 327 g/mol. The van der Waals surface area contributed by atoms with Gasteiger partial charge in [0.2, 0.25) is 5.91 Å². The van der Waals surface area contributed by atoms with Gasteiger partial charge in [-0.3, -0.25) is 4.79 Å². The SMILES string of the molecule is O=C(C=Cc1ccc(Cl)cc1)N1CCN(c2ccccc2)CC1. The number of rotatable bonds is 3. The van der Waals surface area contributed by atoms with Gasteiger partial charge in [0, 0.05) is 43.0 Å². The molecule has 0 aromatic heterocycles. The second kappa shape index (κ2) is 7.34. The van der Waals surface area contributed by atoms with E-state index >= 15 is 0 Å². The van der Waals surface area contributed by atoms with Crippen LogP contribution in [0, 0.1) is 0 Å². The maximum absolute atomic E-state index is 12.3. The Balaban J connectivity index is 1.55. The van der Waals surface area contributed by atoms with Crippen molar-refractivity contribution in [3.05, 3.63) is 71.3 Å². The quantitative estimate of drug-likeness (QED) is 0.803. The number of benzene rings is 2. The van der Waals surface area contributed by atoms with E-state index in [2.05, 4.69) is 17.0 Å². The van der Waals surface area contributed by atoms with Crippen LogP contribution in [0.15, 0.2) is 60.7 Å². The number of nitrogens with zero attached hydrogens (tertiary/aromatic N) is 2. The monoisotopic (exact) mass is 326 g/mol. The molecule has 23 heavy (non-hydrogen) atoms. The fourth-order valence-electron chi connectivity index (χ4n) is 2.67. The zero-order valence-electron chi connectivity index (χ0n) is 12.9. The zero-order valence-corrected chi connectivity index (χ0v) is 13.6. The Morgan fingerprint density at radius 2 is 1.57 bits per heavy atom. The van der Waals surface area contributed by atoms with Gasteiger partial charge in [-0.1, -0.05) is 41.9 Å². The number of piperazine rings is 1. The first-order chi connectivity index (χ1) is 11.2. The van der Waals surface area contributed by atoms with Crippen molar-refractivity contribution < 1.29 is 4.79 Å². The van der Waals surface area contributed by atoms with Gasteiger partial charge in [0.25, 0.3) is 0 Å². The van der Waals surface area contributed by atoms with Crippen LogP contribution in [0.1, 0.15) is 5.56 Å². The molecule has 0 unspecified atom stereocenters. The number of carbonyl (C=O) groups excluding carboxylic acids is 1. The highest BCUT2D eigenvalue weighted by Crippen LogP contribution is 2.16. The van der Waals surface area contributed by atoms with Crippen LogP contribution in [0.5, 0.6) is 0 Å². The Labute approximate surface area is 141 Å². The Morgan fingerprint density at radius 3 is 2.22 bits per heavy atom. The number of carbonyl (C=O) groups is 1. The van der Waals surface area contributed by atoms with Crippen molar-refractivity contribution in [3.8, 4) is 0 Å². The largest absolute Gasteiger partial charge is 0.368 e. The summed E-state index contributed by atoms with van der Waals surface area (Å²) in [7, 11) is 0. The van der Waals surface area contributed by atoms with E-state index in [0.717, 1.165) is 31.7 Å². The van der Waals surface area contributed by atoms with Gasteiger partial charge in [0.1, 0.15) is 0 Å². The number of para-hydroxylation sites is 1. The summed E-state index contributed by atoms with van der Waals surface area (Å²) in [6, 6.07) is 17.8. The molecule has 1 heterocycles. The van der Waals surface area contributed by atoms with Crippen molar-refractivity contribution in [2.45, 2.75) is 0 Å². The lowest BCUT2D eigenvalue weighted by Gasteiger charge is -2.35. The third-order valence-corrected chi connectivity index (χ3v) is 4.25. The molecule has 2 aromatic rings. The van der Waals surface area contributed by atoms with Crippen LogP contribution in [0.4, 0.5) is 5.69 Å². The highest BCUT2D eigenvalue weighted by molar-refractivity contribution is 6.30. The van der Waals surface area contributed by atoms with Crippen molar-refractivity contribution in [3.63, 3.8) is 0 Å². The van der Waals surface area contributed by atoms with E-state index in [-0.39, 0.29) is 5.91 Å². The fourth-order valence-corrected chi connectivity index (χ4v) is 2.80. The van der Waals surface area contributed by atoms with Crippen molar-refractivity contribution in [2.75, 3.05) is 31.1 Å². The van der Waals surface area contributed by atoms with Crippen LogP contribution >= 0.6 is 11.6 Å². The van der Waals surface area contributed by atoms with E-state index < -0.39 is 0 Å². The Morgan fingerprint density at radius 1 is 0.913 bits per heavy atom. The smallest absolute Gasteiger partial charge is 0.246 e. The molecule has 0 atom stereocenters. The third kappa shape index (κ3) is 4.14. The zero-order chi connectivity index (χ0) is 16.1. The minimum Gasteiger partial charge on any atom is -0.368 e. The van der Waals surface area contributed by atoms with Crippen LogP contribution < -0.4 is 4.90 Å². The topological polar surface area (TPSA) is 23.6 Å². The summed E-state index contributed by atoms with van der Waals surface area (Å²) in [5.74, 6) is 0.0626. The van der Waals surface area contributed by atoms with Crippen molar-refractivity contribution in [1.29, 1.82) is 0 Å². The first-order valence-electron chi connectivity index (χ1n) is 7.75. The van der Waals surface area contributed by atoms with Crippen LogP contribution in [0.25, 0.3) is 6.08 Å². The highest BCUT2D eigenvalue weighted by Gasteiger charge is 2.19. The van der Waals surface area contributed by atoms with Gasteiger partial charge in [0.15, 0.2) is 0 Å². The number of halogens is 1. The van der Waals surface area contributed by atoms with E-state index in [1.165, 1.54) is 5.69 Å². The summed E-state index contributed by atoms with van der Waals surface area (Å²) in [6.45, 7) is 3.23. The van der Waals surface area contributed by atoms with E-state index in [1.54, 1.807) is 6.08 Å². The number of amides is 1. The van der Waals surface area contributed by atoms with Gasteiger partial charge in [-0.25, -0.2) is 0 Å². The first-order valence-corrected chi connectivity index (χ1v) is 8.13. The number of hydrogen-bond acceptors (Lipinski definition) is 2. The molecule has 2 aromatic carbocycles. The summed E-state index contributed by atoms with van der Waals surface area (Å²) in [6.07, 6.45) is 3.48. The Bertz CT molecular complexity index is 674. The fraction of sp³-hybridized carbons (Fsp3) is 0.211. The molecule has 0 spiro atoms. The van der Waals surface area contributed by atoms with Crippen molar-refractivity contribution >= 4 is 29.3 Å². The summed E-state index contributed by atoms with van der Waals surface area (Å²) in [4.78, 5) is 16.5. The molecule has 0 radical (unpaired) electrons. The molecule has 1 saturated heterocycles. The van der Waals surface area contributed by atoms with Crippen LogP contribution in [-0.2, 0) is 4.79 Å². The first kappa shape index (κ1) is 15.6. The molecule has 1 aliphatic heterocycles. The molecule has 4 heteroatoms. The molecule has 0 saturated carbocycles. The molecule has 0 N–H and O–H groups in total. The number of hydrogen-bond donors (Lipinski definition) is 0. The maximum atomic E-state index is 12.3. The number of anilines is 1. The van der Waals surface area contributed by atoms with Gasteiger partial charge in [-0.05, 0) is 35.9 Å². The molecular formula is C19H19ClN2O. The Kier molecular flexibility index (Phi) is 4.99. The molecular weight excluding hydrogens is 308 g/mol. The normalized spacial score (nSPS) is 15.2. The molecule has 1 amide bonds. The molecule has 0 aliphatic carbocycles. The predicted molar refractivity (Wildman–Crippen MR) is 95.7 cm³/mol. The molecule has 0 bridgehead atoms. The molecule has 3 nitrogen and oxygen atoms in total. The predicted octanol–water partition coefficient (Wildman–Crippen LogP) is 3.70. The lowest BCUT2D eigenvalue weighted by atomic mass is 10.2. The van der Waals surface area contributed by atoms with Gasteiger partial charge in [-0.15, -0.1) is 0 Å². The lowest BCUT2D eigenvalue weighted by molar-refractivity contribution is -0.126. The van der Waals surface area contributed by atoms with Crippen LogP contribution in [0.2, 0.25) is 5.02 Å². The van der Waals surface area contributed by atoms with Crippen molar-refractivity contribution in [1.82, 2.24) is 4.90 Å². The molecule has 1 aliphatic rings. The van der Waals surface area contributed by atoms with E-state index in [4.69, 9.17) is 11.6 Å². The van der Waals surface area contributed by atoms with Gasteiger partial charge >= 0.3 is 0 Å². The van der Waals surface area contributed by atoms with Gasteiger partial charge < -0.3 is 9.80 Å². The summed E-state index contributed by atoms with van der Waals surface area (Å²) in [5, 5.41) is 0.700. The molecule has 118 valence electrons. The summed E-state index contributed by atoms with van der Waals surface area (Å²) >= 11 is 5.86. The van der Waals surface area contributed by atoms with Gasteiger partial charge in [-0.2, -0.15) is 0 Å². The van der Waals surface area contributed by atoms with E-state index in [9.17, 15) is 4.79 Å². The Hall–Kier alpha value is -2.26. The molecule has 1 fully saturated rings. The van der Waals surface area contributed by atoms with Crippen molar-refractivity contribution in [2.24, 2.45) is 0 Å². The lowest BCUT2D eigenvalue weighted by Crippen LogP contribution is -2.48. The second-order valence-electron chi connectivity index (χ2n) is 5.53.